The quantitative estimate of drug-likeness (QED) is 0.910. The summed E-state index contributed by atoms with van der Waals surface area (Å²) >= 11 is 3.17. The second-order valence-electron chi connectivity index (χ2n) is 6.05. The first-order valence-corrected chi connectivity index (χ1v) is 7.51. The van der Waals surface area contributed by atoms with Crippen LogP contribution in [0.1, 0.15) is 32.3 Å². The molecule has 1 aliphatic heterocycles. The minimum atomic E-state index is -0.782. The van der Waals surface area contributed by atoms with Crippen LogP contribution in [0, 0.1) is 11.2 Å². The Kier molecular flexibility index (Phi) is 4.49. The average molecular weight is 344 g/mol. The predicted octanol–water partition coefficient (Wildman–Crippen LogP) is 3.66. The SMILES string of the molecule is CC1(C)CCCN(Cc2ccc(F)c(Br)c2)C1C(=O)O. The Morgan fingerprint density at radius 3 is 2.85 bits per heavy atom. The van der Waals surface area contributed by atoms with Gasteiger partial charge in [0, 0.05) is 6.54 Å². The molecular weight excluding hydrogens is 325 g/mol. The maximum atomic E-state index is 13.3. The minimum Gasteiger partial charge on any atom is -0.480 e. The molecule has 1 aromatic carbocycles. The van der Waals surface area contributed by atoms with Crippen LogP contribution in [0.25, 0.3) is 0 Å². The summed E-state index contributed by atoms with van der Waals surface area (Å²) in [5.74, 6) is -1.08. The second kappa shape index (κ2) is 5.82. The van der Waals surface area contributed by atoms with Crippen molar-refractivity contribution >= 4 is 21.9 Å². The fraction of sp³-hybridized carbons (Fsp3) is 0.533. The molecule has 1 unspecified atom stereocenters. The predicted molar refractivity (Wildman–Crippen MR) is 78.9 cm³/mol. The highest BCUT2D eigenvalue weighted by atomic mass is 79.9. The van der Waals surface area contributed by atoms with Gasteiger partial charge >= 0.3 is 5.97 Å². The Labute approximate surface area is 126 Å². The average Bonchev–Trinajstić information content (AvgIpc) is 2.32. The van der Waals surface area contributed by atoms with Gasteiger partial charge in [-0.05, 0) is 58.4 Å². The Bertz CT molecular complexity index is 519. The third-order valence-electron chi connectivity index (χ3n) is 3.98. The van der Waals surface area contributed by atoms with Gasteiger partial charge in [-0.25, -0.2) is 4.39 Å². The van der Waals surface area contributed by atoms with Crippen LogP contribution >= 0.6 is 15.9 Å². The van der Waals surface area contributed by atoms with Gasteiger partial charge in [0.05, 0.1) is 4.47 Å². The Morgan fingerprint density at radius 1 is 1.55 bits per heavy atom. The molecule has 0 aliphatic carbocycles. The van der Waals surface area contributed by atoms with Crippen molar-refractivity contribution in [1.29, 1.82) is 0 Å². The van der Waals surface area contributed by atoms with Crippen molar-refractivity contribution in [3.8, 4) is 0 Å². The number of likely N-dealkylation sites (tertiary alicyclic amines) is 1. The normalized spacial score (nSPS) is 22.7. The van der Waals surface area contributed by atoms with Crippen LogP contribution in [0.3, 0.4) is 0 Å². The monoisotopic (exact) mass is 343 g/mol. The Hall–Kier alpha value is -0.940. The molecule has 0 aromatic heterocycles. The number of piperidine rings is 1. The molecule has 0 spiro atoms. The first-order chi connectivity index (χ1) is 9.31. The van der Waals surface area contributed by atoms with Crippen molar-refractivity contribution in [3.05, 3.63) is 34.1 Å². The summed E-state index contributed by atoms with van der Waals surface area (Å²) < 4.78 is 13.7. The van der Waals surface area contributed by atoms with Gasteiger partial charge in [0.15, 0.2) is 0 Å². The lowest BCUT2D eigenvalue weighted by atomic mass is 9.76. The Balaban J connectivity index is 2.21. The van der Waals surface area contributed by atoms with Crippen molar-refractivity contribution in [1.82, 2.24) is 4.90 Å². The molecule has 1 atom stereocenters. The standard InChI is InChI=1S/C15H19BrFNO2/c1-15(2)6-3-7-18(13(15)14(19)20)9-10-4-5-12(17)11(16)8-10/h4-5,8,13H,3,6-7,9H2,1-2H3,(H,19,20). The summed E-state index contributed by atoms with van der Waals surface area (Å²) in [5, 5.41) is 9.51. The molecule has 1 saturated heterocycles. The molecule has 1 aromatic rings. The first-order valence-electron chi connectivity index (χ1n) is 6.72. The molecule has 20 heavy (non-hydrogen) atoms. The van der Waals surface area contributed by atoms with Gasteiger partial charge in [0.25, 0.3) is 0 Å². The topological polar surface area (TPSA) is 40.5 Å². The highest BCUT2D eigenvalue weighted by Crippen LogP contribution is 2.36. The van der Waals surface area contributed by atoms with E-state index in [2.05, 4.69) is 15.9 Å². The van der Waals surface area contributed by atoms with Gasteiger partial charge in [-0.15, -0.1) is 0 Å². The molecule has 110 valence electrons. The number of hydrogen-bond acceptors (Lipinski definition) is 2. The summed E-state index contributed by atoms with van der Waals surface area (Å²) in [4.78, 5) is 13.6. The first kappa shape index (κ1) is 15.4. The van der Waals surface area contributed by atoms with Crippen LogP contribution in [0.15, 0.2) is 22.7 Å². The molecule has 1 fully saturated rings. The van der Waals surface area contributed by atoms with Crippen molar-refractivity contribution < 1.29 is 14.3 Å². The van der Waals surface area contributed by atoms with E-state index in [4.69, 9.17) is 0 Å². The largest absolute Gasteiger partial charge is 0.480 e. The summed E-state index contributed by atoms with van der Waals surface area (Å²) in [6, 6.07) is 4.33. The number of carbonyl (C=O) groups is 1. The number of carboxylic acids is 1. The molecule has 2 rings (SSSR count). The third kappa shape index (κ3) is 3.20. The van der Waals surface area contributed by atoms with E-state index in [1.54, 1.807) is 12.1 Å². The molecule has 1 aliphatic rings. The van der Waals surface area contributed by atoms with Crippen molar-refractivity contribution in [2.45, 2.75) is 39.3 Å². The number of halogens is 2. The summed E-state index contributed by atoms with van der Waals surface area (Å²) in [5.41, 5.74) is 0.670. The van der Waals surface area contributed by atoms with Crippen LogP contribution in [0.2, 0.25) is 0 Å². The van der Waals surface area contributed by atoms with Crippen LogP contribution in [-0.2, 0) is 11.3 Å². The van der Waals surface area contributed by atoms with E-state index in [9.17, 15) is 14.3 Å². The van der Waals surface area contributed by atoms with E-state index in [0.29, 0.717) is 11.0 Å². The van der Waals surface area contributed by atoms with Crippen molar-refractivity contribution in [2.75, 3.05) is 6.54 Å². The van der Waals surface area contributed by atoms with Gasteiger partial charge in [-0.3, -0.25) is 9.69 Å². The van der Waals surface area contributed by atoms with Crippen molar-refractivity contribution in [2.24, 2.45) is 5.41 Å². The number of rotatable bonds is 3. The number of hydrogen-bond donors (Lipinski definition) is 1. The number of carboxylic acid groups (broad SMARTS) is 1. The molecule has 1 N–H and O–H groups in total. The maximum absolute atomic E-state index is 13.3. The van der Waals surface area contributed by atoms with Gasteiger partial charge in [-0.1, -0.05) is 19.9 Å². The van der Waals surface area contributed by atoms with Crippen LogP contribution < -0.4 is 0 Å². The number of aliphatic carboxylic acids is 1. The van der Waals surface area contributed by atoms with Crippen LogP contribution in [-0.4, -0.2) is 28.6 Å². The highest BCUT2D eigenvalue weighted by molar-refractivity contribution is 9.10. The molecule has 1 heterocycles. The molecule has 0 saturated carbocycles. The third-order valence-corrected chi connectivity index (χ3v) is 4.58. The lowest BCUT2D eigenvalue weighted by molar-refractivity contribution is -0.151. The maximum Gasteiger partial charge on any atom is 0.321 e. The molecule has 5 heteroatoms. The molecule has 0 radical (unpaired) electrons. The summed E-state index contributed by atoms with van der Waals surface area (Å²) in [7, 11) is 0. The lowest BCUT2D eigenvalue weighted by Crippen LogP contribution is -2.53. The fourth-order valence-corrected chi connectivity index (χ4v) is 3.46. The molecule has 3 nitrogen and oxygen atoms in total. The smallest absolute Gasteiger partial charge is 0.321 e. The van der Waals surface area contributed by atoms with E-state index < -0.39 is 12.0 Å². The van der Waals surface area contributed by atoms with Crippen LogP contribution in [0.5, 0.6) is 0 Å². The fourth-order valence-electron chi connectivity index (χ4n) is 3.03. The van der Waals surface area contributed by atoms with Crippen LogP contribution in [0.4, 0.5) is 4.39 Å². The minimum absolute atomic E-state index is 0.249. The van der Waals surface area contributed by atoms with E-state index in [1.165, 1.54) is 6.07 Å². The zero-order valence-electron chi connectivity index (χ0n) is 11.7. The summed E-state index contributed by atoms with van der Waals surface area (Å²) in [6.07, 6.45) is 1.90. The van der Waals surface area contributed by atoms with Gasteiger partial charge in [0.1, 0.15) is 11.9 Å². The van der Waals surface area contributed by atoms with E-state index in [-0.39, 0.29) is 11.2 Å². The molecule has 0 amide bonds. The van der Waals surface area contributed by atoms with E-state index >= 15 is 0 Å². The highest BCUT2D eigenvalue weighted by Gasteiger charge is 2.42. The number of benzene rings is 1. The zero-order valence-corrected chi connectivity index (χ0v) is 13.3. The van der Waals surface area contributed by atoms with E-state index in [0.717, 1.165) is 24.9 Å². The van der Waals surface area contributed by atoms with Gasteiger partial charge in [-0.2, -0.15) is 0 Å². The lowest BCUT2D eigenvalue weighted by Gasteiger charge is -2.44. The zero-order chi connectivity index (χ0) is 14.9. The van der Waals surface area contributed by atoms with Gasteiger partial charge < -0.3 is 5.11 Å². The molecular formula is C15H19BrFNO2. The Morgan fingerprint density at radius 2 is 2.25 bits per heavy atom. The number of nitrogens with zero attached hydrogens (tertiary/aromatic N) is 1. The van der Waals surface area contributed by atoms with Gasteiger partial charge in [0.2, 0.25) is 0 Å². The second-order valence-corrected chi connectivity index (χ2v) is 6.91. The van der Waals surface area contributed by atoms with E-state index in [1.807, 2.05) is 18.7 Å². The van der Waals surface area contributed by atoms with Crippen molar-refractivity contribution in [3.63, 3.8) is 0 Å². The summed E-state index contributed by atoms with van der Waals surface area (Å²) in [6.45, 7) is 5.28. The molecule has 0 bridgehead atoms.